The molecule has 1 atom stereocenters. The van der Waals surface area contributed by atoms with E-state index in [1.165, 1.54) is 0 Å². The SMILES string of the molecule is COc1ccc(-c2noc(CN3CCCC(C(=O)Nc4ccccc4C(=O)N4CCCCCC4)C3)n2)cc1OC. The van der Waals surface area contributed by atoms with E-state index >= 15 is 0 Å². The highest BCUT2D eigenvalue weighted by Gasteiger charge is 2.28. The molecule has 10 nitrogen and oxygen atoms in total. The van der Waals surface area contributed by atoms with Gasteiger partial charge in [-0.2, -0.15) is 4.98 Å². The molecule has 2 fully saturated rings. The normalized spacial score (nSPS) is 18.1. The lowest BCUT2D eigenvalue weighted by atomic mass is 9.96. The average molecular weight is 548 g/mol. The van der Waals surface area contributed by atoms with Crippen LogP contribution in [0.4, 0.5) is 5.69 Å². The summed E-state index contributed by atoms with van der Waals surface area (Å²) in [5.41, 5.74) is 1.89. The van der Waals surface area contributed by atoms with Crippen molar-refractivity contribution in [3.63, 3.8) is 0 Å². The number of likely N-dealkylation sites (tertiary alicyclic amines) is 2. The minimum absolute atomic E-state index is 0.00949. The Kier molecular flexibility index (Phi) is 8.95. The Labute approximate surface area is 234 Å². The molecule has 2 saturated heterocycles. The number of nitrogens with zero attached hydrogens (tertiary/aromatic N) is 4. The molecule has 0 saturated carbocycles. The number of methoxy groups -OCH3 is 2. The Hall–Kier alpha value is -3.92. The van der Waals surface area contributed by atoms with E-state index in [9.17, 15) is 9.59 Å². The summed E-state index contributed by atoms with van der Waals surface area (Å²) < 4.78 is 16.2. The van der Waals surface area contributed by atoms with Crippen molar-refractivity contribution in [3.8, 4) is 22.9 Å². The average Bonchev–Trinajstić information content (AvgIpc) is 3.28. The number of carbonyl (C=O) groups is 2. The fraction of sp³-hybridized carbons (Fsp3) is 0.467. The number of benzene rings is 2. The molecule has 212 valence electrons. The van der Waals surface area contributed by atoms with Gasteiger partial charge in [-0.1, -0.05) is 30.1 Å². The predicted octanol–water partition coefficient (Wildman–Crippen LogP) is 4.62. The number of hydrogen-bond acceptors (Lipinski definition) is 8. The van der Waals surface area contributed by atoms with Gasteiger partial charge in [-0.3, -0.25) is 14.5 Å². The number of rotatable bonds is 8. The van der Waals surface area contributed by atoms with Gasteiger partial charge >= 0.3 is 0 Å². The second-order valence-corrected chi connectivity index (χ2v) is 10.4. The van der Waals surface area contributed by atoms with Crippen LogP contribution in [0, 0.1) is 5.92 Å². The van der Waals surface area contributed by atoms with Gasteiger partial charge in [0.05, 0.1) is 37.9 Å². The molecule has 10 heteroatoms. The fourth-order valence-corrected chi connectivity index (χ4v) is 5.47. The predicted molar refractivity (Wildman–Crippen MR) is 150 cm³/mol. The van der Waals surface area contributed by atoms with Gasteiger partial charge in [0.15, 0.2) is 11.5 Å². The van der Waals surface area contributed by atoms with Crippen LogP contribution in [-0.2, 0) is 11.3 Å². The first-order valence-electron chi connectivity index (χ1n) is 14.0. The van der Waals surface area contributed by atoms with Crippen LogP contribution >= 0.6 is 0 Å². The van der Waals surface area contributed by atoms with Crippen LogP contribution in [0.25, 0.3) is 11.4 Å². The smallest absolute Gasteiger partial charge is 0.255 e. The third-order valence-corrected chi connectivity index (χ3v) is 7.65. The first-order valence-corrected chi connectivity index (χ1v) is 14.0. The van der Waals surface area contributed by atoms with Crippen LogP contribution in [0.2, 0.25) is 0 Å². The molecule has 0 bridgehead atoms. The van der Waals surface area contributed by atoms with Gasteiger partial charge in [-0.25, -0.2) is 0 Å². The lowest BCUT2D eigenvalue weighted by molar-refractivity contribution is -0.121. The molecule has 0 aliphatic carbocycles. The quantitative estimate of drug-likeness (QED) is 0.435. The number of para-hydroxylation sites is 1. The first-order chi connectivity index (χ1) is 19.6. The monoisotopic (exact) mass is 547 g/mol. The molecular weight excluding hydrogens is 510 g/mol. The summed E-state index contributed by atoms with van der Waals surface area (Å²) in [4.78, 5) is 35.3. The molecule has 1 N–H and O–H groups in total. The zero-order valence-electron chi connectivity index (χ0n) is 23.2. The largest absolute Gasteiger partial charge is 0.493 e. The van der Waals surface area contributed by atoms with Crippen molar-refractivity contribution >= 4 is 17.5 Å². The molecule has 2 aromatic carbocycles. The molecule has 3 heterocycles. The topological polar surface area (TPSA) is 110 Å². The van der Waals surface area contributed by atoms with E-state index in [0.717, 1.165) is 63.7 Å². The van der Waals surface area contributed by atoms with Gasteiger partial charge in [-0.05, 0) is 62.6 Å². The third-order valence-electron chi connectivity index (χ3n) is 7.65. The van der Waals surface area contributed by atoms with Gasteiger partial charge in [0.1, 0.15) is 0 Å². The maximum Gasteiger partial charge on any atom is 0.255 e. The van der Waals surface area contributed by atoms with Crippen LogP contribution in [0.3, 0.4) is 0 Å². The molecular formula is C30H37N5O5. The Morgan fingerprint density at radius 3 is 2.52 bits per heavy atom. The summed E-state index contributed by atoms with van der Waals surface area (Å²) in [7, 11) is 3.17. The number of nitrogens with one attached hydrogen (secondary N) is 1. The van der Waals surface area contributed by atoms with Gasteiger partial charge in [-0.15, -0.1) is 0 Å². The van der Waals surface area contributed by atoms with E-state index in [1.807, 2.05) is 41.3 Å². The molecule has 0 radical (unpaired) electrons. The maximum atomic E-state index is 13.3. The zero-order chi connectivity index (χ0) is 27.9. The highest BCUT2D eigenvalue weighted by Crippen LogP contribution is 2.31. The highest BCUT2D eigenvalue weighted by molar-refractivity contribution is 6.04. The van der Waals surface area contributed by atoms with E-state index in [4.69, 9.17) is 14.0 Å². The van der Waals surface area contributed by atoms with Crippen LogP contribution in [0.15, 0.2) is 47.0 Å². The minimum Gasteiger partial charge on any atom is -0.493 e. The maximum absolute atomic E-state index is 13.3. The van der Waals surface area contributed by atoms with E-state index in [0.29, 0.717) is 47.6 Å². The Bertz CT molecular complexity index is 1320. The number of piperidine rings is 1. The Balaban J connectivity index is 1.21. The molecule has 1 unspecified atom stereocenters. The zero-order valence-corrected chi connectivity index (χ0v) is 23.2. The summed E-state index contributed by atoms with van der Waals surface area (Å²) >= 11 is 0. The molecule has 0 spiro atoms. The summed E-state index contributed by atoms with van der Waals surface area (Å²) in [5, 5.41) is 7.20. The fourth-order valence-electron chi connectivity index (χ4n) is 5.47. The van der Waals surface area contributed by atoms with Crippen molar-refractivity contribution in [1.82, 2.24) is 19.9 Å². The molecule has 40 heavy (non-hydrogen) atoms. The summed E-state index contributed by atoms with van der Waals surface area (Å²) in [6.45, 7) is 3.39. The second-order valence-electron chi connectivity index (χ2n) is 10.4. The van der Waals surface area contributed by atoms with Crippen molar-refractivity contribution in [3.05, 3.63) is 53.9 Å². The van der Waals surface area contributed by atoms with Gasteiger partial charge in [0, 0.05) is 25.2 Å². The lowest BCUT2D eigenvalue weighted by Gasteiger charge is -2.31. The van der Waals surface area contributed by atoms with Gasteiger partial charge < -0.3 is 24.2 Å². The molecule has 2 aliphatic heterocycles. The first kappa shape index (κ1) is 27.6. The molecule has 1 aromatic heterocycles. The van der Waals surface area contributed by atoms with Gasteiger partial charge in [0.25, 0.3) is 5.91 Å². The number of aromatic nitrogens is 2. The summed E-state index contributed by atoms with van der Waals surface area (Å²) in [6.07, 6.45) is 6.01. The van der Waals surface area contributed by atoms with Crippen LogP contribution in [-0.4, -0.2) is 72.2 Å². The number of carbonyl (C=O) groups excluding carboxylic acids is 2. The van der Waals surface area contributed by atoms with Gasteiger partial charge in [0.2, 0.25) is 17.6 Å². The molecule has 2 aliphatic rings. The number of anilines is 1. The molecule has 5 rings (SSSR count). The summed E-state index contributed by atoms with van der Waals surface area (Å²) in [6, 6.07) is 12.8. The van der Waals surface area contributed by atoms with E-state index in [1.54, 1.807) is 20.3 Å². The van der Waals surface area contributed by atoms with E-state index in [2.05, 4.69) is 20.4 Å². The third kappa shape index (κ3) is 6.44. The lowest BCUT2D eigenvalue weighted by Crippen LogP contribution is -2.40. The van der Waals surface area contributed by atoms with Crippen molar-refractivity contribution in [2.24, 2.45) is 5.92 Å². The number of amides is 2. The number of hydrogen-bond donors (Lipinski definition) is 1. The van der Waals surface area contributed by atoms with Crippen molar-refractivity contribution in [2.45, 2.75) is 45.1 Å². The van der Waals surface area contributed by atoms with Crippen LogP contribution < -0.4 is 14.8 Å². The van der Waals surface area contributed by atoms with E-state index in [-0.39, 0.29) is 17.7 Å². The van der Waals surface area contributed by atoms with Crippen molar-refractivity contribution in [2.75, 3.05) is 45.7 Å². The van der Waals surface area contributed by atoms with Crippen molar-refractivity contribution < 1.29 is 23.6 Å². The molecule has 3 aromatic rings. The standard InChI is InChI=1S/C30H37N5O5/c1-38-25-14-13-21(18-26(25)39-2)28-32-27(40-33-28)20-34-15-9-10-22(19-34)29(36)31-24-12-6-5-11-23(24)30(37)35-16-7-3-4-8-17-35/h5-6,11-14,18,22H,3-4,7-10,15-17,19-20H2,1-2H3,(H,31,36). The van der Waals surface area contributed by atoms with E-state index < -0.39 is 0 Å². The Morgan fingerprint density at radius 1 is 0.975 bits per heavy atom. The van der Waals surface area contributed by atoms with Crippen LogP contribution in [0.1, 0.15) is 54.8 Å². The van der Waals surface area contributed by atoms with Crippen molar-refractivity contribution in [1.29, 1.82) is 0 Å². The highest BCUT2D eigenvalue weighted by atomic mass is 16.5. The minimum atomic E-state index is -0.205. The second kappa shape index (κ2) is 13.0. The molecule has 2 amide bonds. The Morgan fingerprint density at radius 2 is 1.75 bits per heavy atom. The summed E-state index contributed by atoms with van der Waals surface area (Å²) in [5.74, 6) is 1.88. The number of ether oxygens (including phenoxy) is 2. The van der Waals surface area contributed by atoms with Crippen LogP contribution in [0.5, 0.6) is 11.5 Å².